The highest BCUT2D eigenvalue weighted by atomic mass is 32.2. The van der Waals surface area contributed by atoms with E-state index < -0.39 is 22.1 Å². The molecule has 1 aromatic rings. The SMILES string of the molecule is CC(=O)C(C)OC(=O)C1CCN(S(=O)(=O)c2ccc(C(C)C)cc2)CC1. The van der Waals surface area contributed by atoms with Crippen LogP contribution in [0.3, 0.4) is 0 Å². The smallest absolute Gasteiger partial charge is 0.309 e. The van der Waals surface area contributed by atoms with E-state index in [4.69, 9.17) is 4.74 Å². The number of hydrogen-bond donors (Lipinski definition) is 0. The van der Waals surface area contributed by atoms with Crippen LogP contribution in [0.5, 0.6) is 0 Å². The number of sulfonamides is 1. The maximum Gasteiger partial charge on any atom is 0.309 e. The zero-order chi connectivity index (χ0) is 19.5. The number of ketones is 1. The number of hydrogen-bond acceptors (Lipinski definition) is 5. The lowest BCUT2D eigenvalue weighted by atomic mass is 9.98. The summed E-state index contributed by atoms with van der Waals surface area (Å²) in [6.07, 6.45) is 0.0308. The van der Waals surface area contributed by atoms with Crippen LogP contribution >= 0.6 is 0 Å². The quantitative estimate of drug-likeness (QED) is 0.708. The summed E-state index contributed by atoms with van der Waals surface area (Å²) >= 11 is 0. The van der Waals surface area contributed by atoms with Gasteiger partial charge in [-0.2, -0.15) is 4.31 Å². The number of ether oxygens (including phenoxy) is 1. The molecule has 0 spiro atoms. The fourth-order valence-corrected chi connectivity index (χ4v) is 4.33. The molecule has 1 atom stereocenters. The van der Waals surface area contributed by atoms with Crippen molar-refractivity contribution < 1.29 is 22.7 Å². The van der Waals surface area contributed by atoms with Gasteiger partial charge in [0, 0.05) is 13.1 Å². The Kier molecular flexibility index (Phi) is 6.58. The first-order valence-corrected chi connectivity index (χ1v) is 10.4. The van der Waals surface area contributed by atoms with Gasteiger partial charge < -0.3 is 4.74 Å². The van der Waals surface area contributed by atoms with Crippen molar-refractivity contribution in [3.8, 4) is 0 Å². The lowest BCUT2D eigenvalue weighted by molar-refractivity contribution is -0.158. The van der Waals surface area contributed by atoms with Crippen molar-refractivity contribution in [2.75, 3.05) is 13.1 Å². The third kappa shape index (κ3) is 4.71. The fraction of sp³-hybridized carbons (Fsp3) is 0.579. The van der Waals surface area contributed by atoms with E-state index in [-0.39, 0.29) is 29.7 Å². The number of carbonyl (C=O) groups is 2. The monoisotopic (exact) mass is 381 g/mol. The molecule has 0 bridgehead atoms. The van der Waals surface area contributed by atoms with Crippen LogP contribution < -0.4 is 0 Å². The largest absolute Gasteiger partial charge is 0.454 e. The number of esters is 1. The molecule has 1 unspecified atom stereocenters. The van der Waals surface area contributed by atoms with Gasteiger partial charge in [-0.3, -0.25) is 9.59 Å². The number of nitrogens with zero attached hydrogens (tertiary/aromatic N) is 1. The molecule has 1 saturated heterocycles. The zero-order valence-corrected chi connectivity index (χ0v) is 16.6. The van der Waals surface area contributed by atoms with Crippen LogP contribution in [0.25, 0.3) is 0 Å². The Morgan fingerprint density at radius 1 is 1.08 bits per heavy atom. The average molecular weight is 381 g/mol. The highest BCUT2D eigenvalue weighted by Crippen LogP contribution is 2.26. The minimum atomic E-state index is -3.56. The second-order valence-corrected chi connectivity index (χ2v) is 9.03. The molecule has 1 heterocycles. The van der Waals surface area contributed by atoms with Gasteiger partial charge in [0.2, 0.25) is 10.0 Å². The van der Waals surface area contributed by atoms with Gasteiger partial charge in [-0.15, -0.1) is 0 Å². The maximum absolute atomic E-state index is 12.8. The Balaban J connectivity index is 2.00. The molecule has 1 aliphatic heterocycles. The van der Waals surface area contributed by atoms with E-state index in [1.165, 1.54) is 11.2 Å². The minimum absolute atomic E-state index is 0.205. The molecule has 0 amide bonds. The predicted molar refractivity (Wildman–Crippen MR) is 98.2 cm³/mol. The molecule has 1 aliphatic rings. The lowest BCUT2D eigenvalue weighted by Crippen LogP contribution is -2.41. The average Bonchev–Trinajstić information content (AvgIpc) is 2.61. The van der Waals surface area contributed by atoms with Gasteiger partial charge in [-0.05, 0) is 50.3 Å². The molecule has 0 aliphatic carbocycles. The van der Waals surface area contributed by atoms with Crippen molar-refractivity contribution >= 4 is 21.8 Å². The first-order valence-electron chi connectivity index (χ1n) is 8.94. The molecule has 2 rings (SSSR count). The van der Waals surface area contributed by atoms with Crippen LogP contribution in [0, 0.1) is 5.92 Å². The summed E-state index contributed by atoms with van der Waals surface area (Å²) in [6.45, 7) is 7.56. The highest BCUT2D eigenvalue weighted by Gasteiger charge is 2.33. The zero-order valence-electron chi connectivity index (χ0n) is 15.8. The molecule has 1 fully saturated rings. The van der Waals surface area contributed by atoms with Gasteiger partial charge in [0.05, 0.1) is 10.8 Å². The Labute approximate surface area is 155 Å². The van der Waals surface area contributed by atoms with Crippen LogP contribution in [0.1, 0.15) is 52.0 Å². The Morgan fingerprint density at radius 2 is 1.62 bits per heavy atom. The molecule has 0 saturated carbocycles. The summed E-state index contributed by atoms with van der Waals surface area (Å²) in [5.41, 5.74) is 1.09. The van der Waals surface area contributed by atoms with Crippen molar-refractivity contribution in [3.63, 3.8) is 0 Å². The lowest BCUT2D eigenvalue weighted by Gasteiger charge is -2.30. The maximum atomic E-state index is 12.8. The van der Waals surface area contributed by atoms with Crippen LogP contribution in [0.4, 0.5) is 0 Å². The Morgan fingerprint density at radius 3 is 2.08 bits per heavy atom. The third-order valence-corrected chi connectivity index (χ3v) is 6.75. The van der Waals surface area contributed by atoms with E-state index in [1.54, 1.807) is 19.1 Å². The number of piperidine rings is 1. The highest BCUT2D eigenvalue weighted by molar-refractivity contribution is 7.89. The normalized spacial score (nSPS) is 17.9. The Hall–Kier alpha value is -1.73. The number of Topliss-reactive ketones (excluding diaryl/α,β-unsaturated/α-hetero) is 1. The standard InChI is InChI=1S/C19H27NO5S/c1-13(2)16-5-7-18(8-6-16)26(23,24)20-11-9-17(10-12-20)19(22)25-15(4)14(3)21/h5-8,13,15,17H,9-12H2,1-4H3. The Bertz CT molecular complexity index is 747. The number of rotatable bonds is 6. The van der Waals surface area contributed by atoms with Crippen LogP contribution in [0.15, 0.2) is 29.2 Å². The van der Waals surface area contributed by atoms with Gasteiger partial charge in [0.25, 0.3) is 0 Å². The van der Waals surface area contributed by atoms with Gasteiger partial charge in [0.15, 0.2) is 11.9 Å². The van der Waals surface area contributed by atoms with Crippen LogP contribution in [0.2, 0.25) is 0 Å². The molecule has 144 valence electrons. The predicted octanol–water partition coefficient (Wildman–Crippen LogP) is 2.73. The van der Waals surface area contributed by atoms with Gasteiger partial charge in [-0.1, -0.05) is 26.0 Å². The van der Waals surface area contributed by atoms with Crippen molar-refractivity contribution in [2.24, 2.45) is 5.92 Å². The van der Waals surface area contributed by atoms with Crippen molar-refractivity contribution in [3.05, 3.63) is 29.8 Å². The summed E-state index contributed by atoms with van der Waals surface area (Å²) in [5.74, 6) is -0.660. The summed E-state index contributed by atoms with van der Waals surface area (Å²) in [5, 5.41) is 0. The summed E-state index contributed by atoms with van der Waals surface area (Å²) in [7, 11) is -3.56. The summed E-state index contributed by atoms with van der Waals surface area (Å²) < 4.78 is 32.1. The number of benzene rings is 1. The second-order valence-electron chi connectivity index (χ2n) is 7.09. The van der Waals surface area contributed by atoms with Crippen molar-refractivity contribution in [1.82, 2.24) is 4.31 Å². The van der Waals surface area contributed by atoms with Crippen molar-refractivity contribution in [1.29, 1.82) is 0 Å². The molecule has 26 heavy (non-hydrogen) atoms. The topological polar surface area (TPSA) is 80.8 Å². The molecule has 0 aromatic heterocycles. The van der Waals surface area contributed by atoms with E-state index in [1.807, 2.05) is 12.1 Å². The van der Waals surface area contributed by atoms with E-state index in [2.05, 4.69) is 13.8 Å². The third-order valence-electron chi connectivity index (χ3n) is 4.84. The minimum Gasteiger partial charge on any atom is -0.454 e. The van der Waals surface area contributed by atoms with Crippen LogP contribution in [-0.4, -0.2) is 43.7 Å². The number of carbonyl (C=O) groups excluding carboxylic acids is 2. The van der Waals surface area contributed by atoms with E-state index >= 15 is 0 Å². The molecular formula is C19H27NO5S. The van der Waals surface area contributed by atoms with Crippen LogP contribution in [-0.2, 0) is 24.3 Å². The molecule has 1 aromatic carbocycles. The first kappa shape index (κ1) is 20.6. The van der Waals surface area contributed by atoms with Crippen molar-refractivity contribution in [2.45, 2.75) is 57.5 Å². The fourth-order valence-electron chi connectivity index (χ4n) is 2.86. The molecule has 0 radical (unpaired) electrons. The molecule has 6 nitrogen and oxygen atoms in total. The van der Waals surface area contributed by atoms with Gasteiger partial charge >= 0.3 is 5.97 Å². The molecule has 0 N–H and O–H groups in total. The molecular weight excluding hydrogens is 354 g/mol. The van der Waals surface area contributed by atoms with Gasteiger partial charge in [0.1, 0.15) is 0 Å². The first-order chi connectivity index (χ1) is 12.1. The second kappa shape index (κ2) is 8.31. The summed E-state index contributed by atoms with van der Waals surface area (Å²) in [6, 6.07) is 6.95. The summed E-state index contributed by atoms with van der Waals surface area (Å²) in [4.78, 5) is 23.6. The van der Waals surface area contributed by atoms with E-state index in [0.29, 0.717) is 18.8 Å². The molecule has 7 heteroatoms. The van der Waals surface area contributed by atoms with Gasteiger partial charge in [-0.25, -0.2) is 8.42 Å². The van der Waals surface area contributed by atoms with E-state index in [0.717, 1.165) is 5.56 Å². The van der Waals surface area contributed by atoms with E-state index in [9.17, 15) is 18.0 Å².